The van der Waals surface area contributed by atoms with E-state index in [1.807, 2.05) is 13.8 Å². The Morgan fingerprint density at radius 2 is 1.62 bits per heavy atom. The number of nitrogens with two attached hydrogens (primary N) is 2. The maximum Gasteiger partial charge on any atom is 0.490 e. The number of ether oxygens (including phenoxy) is 1. The van der Waals surface area contributed by atoms with Gasteiger partial charge in [-0.3, -0.25) is 19.2 Å². The van der Waals surface area contributed by atoms with Gasteiger partial charge >= 0.3 is 24.1 Å². The zero-order valence-electron chi connectivity index (χ0n) is 23.6. The highest BCUT2D eigenvalue weighted by Crippen LogP contribution is 2.19. The summed E-state index contributed by atoms with van der Waals surface area (Å²) in [6.45, 7) is 4.05. The van der Waals surface area contributed by atoms with Crippen LogP contribution in [0.25, 0.3) is 0 Å². The first-order chi connectivity index (χ1) is 19.5. The lowest BCUT2D eigenvalue weighted by Gasteiger charge is -2.24. The van der Waals surface area contributed by atoms with Crippen LogP contribution < -0.4 is 27.4 Å². The summed E-state index contributed by atoms with van der Waals surface area (Å²) in [7, 11) is 1.31. The first kappa shape index (κ1) is 37.8. The Bertz CT molecular complexity index is 1070. The topological polar surface area (TPSA) is 220 Å². The van der Waals surface area contributed by atoms with Crippen molar-refractivity contribution in [1.29, 1.82) is 0 Å². The van der Waals surface area contributed by atoms with Gasteiger partial charge in [0.25, 0.3) is 0 Å². The van der Waals surface area contributed by atoms with Crippen molar-refractivity contribution >= 4 is 41.3 Å². The standard InChI is InChI=1S/C24H37N5O6.C2HF3O2/c1-15(2)22(29-20(31)10-11-25)19(30)14-17(5-4-12-27-24(26)34)23(33)28-18-8-6-16(7-9-18)13-21(32)35-3;3-2(4,5)1(6)7/h6-9,15,17,22H,4-5,10-14,25H2,1-3H3,(H,28,33)(H,29,31)(H3,26,27,34);(H,6,7)/t17-,22+;/m1./s1. The number of carbonyl (C=O) groups is 6. The lowest BCUT2D eigenvalue weighted by atomic mass is 9.89. The third-order valence-electron chi connectivity index (χ3n) is 5.59. The van der Waals surface area contributed by atoms with Gasteiger partial charge < -0.3 is 37.3 Å². The minimum absolute atomic E-state index is 0.0887. The summed E-state index contributed by atoms with van der Waals surface area (Å²) in [4.78, 5) is 69.4. The van der Waals surface area contributed by atoms with Crippen molar-refractivity contribution < 1.29 is 51.8 Å². The number of carboxylic acid groups (broad SMARTS) is 1. The minimum Gasteiger partial charge on any atom is -0.475 e. The van der Waals surface area contributed by atoms with E-state index in [0.29, 0.717) is 18.5 Å². The van der Waals surface area contributed by atoms with Crippen molar-refractivity contribution in [1.82, 2.24) is 10.6 Å². The predicted octanol–water partition coefficient (Wildman–Crippen LogP) is 1.49. The molecule has 0 spiro atoms. The molecule has 0 radical (unpaired) electrons. The molecule has 2 atom stereocenters. The van der Waals surface area contributed by atoms with Gasteiger partial charge in [0.05, 0.1) is 19.6 Å². The average molecular weight is 606 g/mol. The number of halogens is 3. The molecule has 0 heterocycles. The van der Waals surface area contributed by atoms with Crippen LogP contribution >= 0.6 is 0 Å². The van der Waals surface area contributed by atoms with Crippen molar-refractivity contribution in [3.63, 3.8) is 0 Å². The molecular weight excluding hydrogens is 567 g/mol. The van der Waals surface area contributed by atoms with E-state index in [-0.39, 0.29) is 61.8 Å². The van der Waals surface area contributed by atoms with Crippen LogP contribution in [0.3, 0.4) is 0 Å². The Balaban J connectivity index is 0.00000212. The summed E-state index contributed by atoms with van der Waals surface area (Å²) < 4.78 is 36.4. The molecule has 13 nitrogen and oxygen atoms in total. The average Bonchev–Trinajstić information content (AvgIpc) is 2.89. The third-order valence-corrected chi connectivity index (χ3v) is 5.59. The molecule has 0 bridgehead atoms. The van der Waals surface area contributed by atoms with Crippen LogP contribution in [-0.2, 0) is 35.1 Å². The number of benzene rings is 1. The molecule has 0 saturated heterocycles. The number of amides is 4. The summed E-state index contributed by atoms with van der Waals surface area (Å²) in [5.74, 6) is -4.95. The largest absolute Gasteiger partial charge is 0.490 e. The van der Waals surface area contributed by atoms with Crippen molar-refractivity contribution in [2.24, 2.45) is 23.3 Å². The molecule has 0 fully saturated rings. The molecule has 236 valence electrons. The number of hydrogen-bond acceptors (Lipinski definition) is 8. The normalized spacial score (nSPS) is 12.2. The van der Waals surface area contributed by atoms with E-state index in [9.17, 15) is 37.1 Å². The highest BCUT2D eigenvalue weighted by Gasteiger charge is 2.38. The van der Waals surface area contributed by atoms with Gasteiger partial charge in [0.15, 0.2) is 5.78 Å². The number of alkyl halides is 3. The van der Waals surface area contributed by atoms with Gasteiger partial charge in [-0.1, -0.05) is 26.0 Å². The monoisotopic (exact) mass is 605 g/mol. The summed E-state index contributed by atoms with van der Waals surface area (Å²) >= 11 is 0. The molecular formula is C26H38F3N5O8. The highest BCUT2D eigenvalue weighted by molar-refractivity contribution is 5.97. The number of Topliss-reactive ketones (excluding diaryl/α,β-unsaturated/α-hetero) is 1. The molecule has 0 aromatic heterocycles. The fourth-order valence-corrected chi connectivity index (χ4v) is 3.44. The molecule has 0 unspecified atom stereocenters. The van der Waals surface area contributed by atoms with E-state index >= 15 is 0 Å². The number of hydrogen-bond donors (Lipinski definition) is 6. The van der Waals surface area contributed by atoms with Crippen molar-refractivity contribution in [2.45, 2.75) is 58.2 Å². The molecule has 0 aliphatic heterocycles. The van der Waals surface area contributed by atoms with Crippen LogP contribution in [0.1, 0.15) is 45.1 Å². The molecule has 0 aliphatic carbocycles. The maximum absolute atomic E-state index is 13.0. The van der Waals surface area contributed by atoms with E-state index in [4.69, 9.17) is 21.4 Å². The fraction of sp³-hybridized carbons (Fsp3) is 0.538. The van der Waals surface area contributed by atoms with E-state index < -0.39 is 30.1 Å². The Morgan fingerprint density at radius 1 is 1.05 bits per heavy atom. The molecule has 0 aliphatic rings. The van der Waals surface area contributed by atoms with Crippen LogP contribution in [0.15, 0.2) is 24.3 Å². The number of methoxy groups -OCH3 is 1. The second-order valence-corrected chi connectivity index (χ2v) is 9.37. The van der Waals surface area contributed by atoms with Gasteiger partial charge in [0, 0.05) is 37.5 Å². The van der Waals surface area contributed by atoms with Gasteiger partial charge in [0.2, 0.25) is 11.8 Å². The minimum atomic E-state index is -5.08. The molecule has 1 rings (SSSR count). The van der Waals surface area contributed by atoms with Crippen molar-refractivity contribution in [3.05, 3.63) is 29.8 Å². The Morgan fingerprint density at radius 3 is 2.07 bits per heavy atom. The van der Waals surface area contributed by atoms with Gasteiger partial charge in [-0.25, -0.2) is 9.59 Å². The highest BCUT2D eigenvalue weighted by atomic mass is 19.4. The van der Waals surface area contributed by atoms with Crippen LogP contribution in [0.4, 0.5) is 23.7 Å². The number of primary amides is 1. The van der Waals surface area contributed by atoms with E-state index in [0.717, 1.165) is 5.56 Å². The number of anilines is 1. The smallest absolute Gasteiger partial charge is 0.475 e. The number of aliphatic carboxylic acids is 1. The summed E-state index contributed by atoms with van der Waals surface area (Å²) in [6, 6.07) is 5.31. The quantitative estimate of drug-likeness (QED) is 0.126. The van der Waals surface area contributed by atoms with Gasteiger partial charge in [0.1, 0.15) is 0 Å². The summed E-state index contributed by atoms with van der Waals surface area (Å²) in [5.41, 5.74) is 11.7. The SMILES string of the molecule is COC(=O)Cc1ccc(NC(=O)[C@H](CCCNC(N)=O)CC(=O)[C@@H](NC(=O)CCN)C(C)C)cc1.O=C(O)C(F)(F)F. The van der Waals surface area contributed by atoms with Crippen molar-refractivity contribution in [2.75, 3.05) is 25.5 Å². The lowest BCUT2D eigenvalue weighted by Crippen LogP contribution is -2.46. The Hall–Kier alpha value is -4.21. The molecule has 1 aromatic carbocycles. The number of carbonyl (C=O) groups excluding carboxylic acids is 5. The number of carboxylic acids is 1. The molecule has 42 heavy (non-hydrogen) atoms. The maximum atomic E-state index is 13.0. The van der Waals surface area contributed by atoms with E-state index in [1.165, 1.54) is 7.11 Å². The van der Waals surface area contributed by atoms with Crippen LogP contribution in [-0.4, -0.2) is 73.1 Å². The van der Waals surface area contributed by atoms with Crippen LogP contribution in [0, 0.1) is 11.8 Å². The molecule has 4 amide bonds. The molecule has 0 saturated carbocycles. The zero-order valence-corrected chi connectivity index (χ0v) is 23.6. The second kappa shape index (κ2) is 19.0. The van der Waals surface area contributed by atoms with Crippen molar-refractivity contribution in [3.8, 4) is 0 Å². The lowest BCUT2D eigenvalue weighted by molar-refractivity contribution is -0.192. The molecule has 16 heteroatoms. The Kier molecular flexibility index (Phi) is 17.1. The predicted molar refractivity (Wildman–Crippen MR) is 145 cm³/mol. The third kappa shape index (κ3) is 16.2. The number of urea groups is 1. The first-order valence-corrected chi connectivity index (χ1v) is 12.8. The van der Waals surface area contributed by atoms with Gasteiger partial charge in [-0.15, -0.1) is 0 Å². The van der Waals surface area contributed by atoms with Gasteiger partial charge in [-0.2, -0.15) is 13.2 Å². The van der Waals surface area contributed by atoms with E-state index in [2.05, 4.69) is 20.7 Å². The van der Waals surface area contributed by atoms with Gasteiger partial charge in [-0.05, 0) is 36.5 Å². The van der Waals surface area contributed by atoms with Crippen LogP contribution in [0.2, 0.25) is 0 Å². The number of esters is 1. The Labute approximate surface area is 240 Å². The number of ketones is 1. The molecule has 1 aromatic rings. The first-order valence-electron chi connectivity index (χ1n) is 12.8. The zero-order chi connectivity index (χ0) is 32.5. The summed E-state index contributed by atoms with van der Waals surface area (Å²) in [5, 5.41) is 15.1. The molecule has 8 N–H and O–H groups in total. The number of rotatable bonds is 15. The number of nitrogens with one attached hydrogen (secondary N) is 3. The fourth-order valence-electron chi connectivity index (χ4n) is 3.44. The van der Waals surface area contributed by atoms with Crippen LogP contribution in [0.5, 0.6) is 0 Å². The second-order valence-electron chi connectivity index (χ2n) is 9.37. The van der Waals surface area contributed by atoms with E-state index in [1.54, 1.807) is 24.3 Å². The summed E-state index contributed by atoms with van der Waals surface area (Å²) in [6.07, 6.45) is -4.21.